The molecule has 0 saturated carbocycles. The van der Waals surface area contributed by atoms with Crippen molar-refractivity contribution in [3.8, 4) is 5.75 Å². The van der Waals surface area contributed by atoms with E-state index in [1.165, 1.54) is 12.1 Å². The van der Waals surface area contributed by atoms with Gasteiger partial charge in [0, 0.05) is 24.2 Å². The number of halogens is 2. The number of carbonyl (C=O) groups excluding carboxylic acids is 2. The summed E-state index contributed by atoms with van der Waals surface area (Å²) in [6.07, 6.45) is 0.844. The lowest BCUT2D eigenvalue weighted by Gasteiger charge is -2.33. The summed E-state index contributed by atoms with van der Waals surface area (Å²) in [4.78, 5) is 26.0. The Balaban J connectivity index is 1.92. The molecule has 1 aromatic rings. The summed E-state index contributed by atoms with van der Waals surface area (Å²) < 4.78 is 5.34. The SMILES string of the molecule is CC(C)(C)OC(=O)N1CCC(NC(=O)c2cc(Cl)cc(Cl)c2O)CC1. The zero-order valence-corrected chi connectivity index (χ0v) is 15.9. The van der Waals surface area contributed by atoms with Crippen molar-refractivity contribution in [2.75, 3.05) is 13.1 Å². The Hall–Kier alpha value is -1.66. The Bertz CT molecular complexity index is 665. The topological polar surface area (TPSA) is 78.9 Å². The van der Waals surface area contributed by atoms with Crippen LogP contribution >= 0.6 is 23.2 Å². The van der Waals surface area contributed by atoms with Gasteiger partial charge in [0.05, 0.1) is 10.6 Å². The van der Waals surface area contributed by atoms with E-state index >= 15 is 0 Å². The van der Waals surface area contributed by atoms with E-state index in [1.807, 2.05) is 20.8 Å². The molecule has 1 heterocycles. The molecule has 2 amide bonds. The molecule has 1 saturated heterocycles. The summed E-state index contributed by atoms with van der Waals surface area (Å²) >= 11 is 11.7. The Morgan fingerprint density at radius 2 is 1.84 bits per heavy atom. The summed E-state index contributed by atoms with van der Waals surface area (Å²) in [7, 11) is 0. The zero-order chi connectivity index (χ0) is 18.8. The van der Waals surface area contributed by atoms with Gasteiger partial charge < -0.3 is 20.1 Å². The van der Waals surface area contributed by atoms with Crippen molar-refractivity contribution in [3.63, 3.8) is 0 Å². The fraction of sp³-hybridized carbons (Fsp3) is 0.529. The Morgan fingerprint density at radius 1 is 1.24 bits per heavy atom. The molecule has 0 bridgehead atoms. The first kappa shape index (κ1) is 19.7. The van der Waals surface area contributed by atoms with Gasteiger partial charge in [0.25, 0.3) is 5.91 Å². The second kappa shape index (κ2) is 7.70. The molecule has 2 N–H and O–H groups in total. The Morgan fingerprint density at radius 3 is 2.40 bits per heavy atom. The number of nitrogens with zero attached hydrogens (tertiary/aromatic N) is 1. The number of benzene rings is 1. The molecular formula is C17H22Cl2N2O4. The first-order chi connectivity index (χ1) is 11.6. The maximum absolute atomic E-state index is 12.3. The number of phenols is 1. The van der Waals surface area contributed by atoms with Gasteiger partial charge in [0.1, 0.15) is 11.4 Å². The van der Waals surface area contributed by atoms with Crippen molar-refractivity contribution in [1.82, 2.24) is 10.2 Å². The van der Waals surface area contributed by atoms with Gasteiger partial charge >= 0.3 is 6.09 Å². The first-order valence-electron chi connectivity index (χ1n) is 8.03. The number of hydrogen-bond donors (Lipinski definition) is 2. The van der Waals surface area contributed by atoms with E-state index in [1.54, 1.807) is 4.90 Å². The van der Waals surface area contributed by atoms with Crippen LogP contribution in [0.4, 0.5) is 4.79 Å². The fourth-order valence-corrected chi connectivity index (χ4v) is 3.03. The number of hydrogen-bond acceptors (Lipinski definition) is 4. The van der Waals surface area contributed by atoms with E-state index in [9.17, 15) is 14.7 Å². The second-order valence-corrected chi connectivity index (χ2v) is 7.84. The minimum atomic E-state index is -0.536. The molecular weight excluding hydrogens is 367 g/mol. The molecule has 6 nitrogen and oxygen atoms in total. The van der Waals surface area contributed by atoms with Gasteiger partial charge in [-0.3, -0.25) is 4.79 Å². The van der Waals surface area contributed by atoms with Crippen LogP contribution in [0.3, 0.4) is 0 Å². The Kier molecular flexibility index (Phi) is 6.06. The molecule has 1 aliphatic rings. The van der Waals surface area contributed by atoms with Crippen LogP contribution in [0, 0.1) is 0 Å². The zero-order valence-electron chi connectivity index (χ0n) is 14.4. The lowest BCUT2D eigenvalue weighted by Crippen LogP contribution is -2.47. The molecule has 1 fully saturated rings. The lowest BCUT2D eigenvalue weighted by atomic mass is 10.0. The number of rotatable bonds is 2. The Labute approximate surface area is 157 Å². The first-order valence-corrected chi connectivity index (χ1v) is 8.79. The molecule has 0 aromatic heterocycles. The summed E-state index contributed by atoms with van der Waals surface area (Å²) in [6.45, 7) is 6.44. The van der Waals surface area contributed by atoms with Crippen LogP contribution in [0.2, 0.25) is 10.0 Å². The monoisotopic (exact) mass is 388 g/mol. The van der Waals surface area contributed by atoms with Crippen LogP contribution in [0.25, 0.3) is 0 Å². The maximum Gasteiger partial charge on any atom is 0.410 e. The van der Waals surface area contributed by atoms with Crippen LogP contribution in [-0.4, -0.2) is 46.7 Å². The predicted octanol–water partition coefficient (Wildman–Crippen LogP) is 3.83. The number of ether oxygens (including phenoxy) is 1. The molecule has 138 valence electrons. The van der Waals surface area contributed by atoms with Gasteiger partial charge in [-0.05, 0) is 45.7 Å². The number of likely N-dealkylation sites (tertiary alicyclic amines) is 1. The van der Waals surface area contributed by atoms with Gasteiger partial charge in [-0.25, -0.2) is 4.79 Å². The van der Waals surface area contributed by atoms with Crippen molar-refractivity contribution in [1.29, 1.82) is 0 Å². The van der Waals surface area contributed by atoms with Crippen molar-refractivity contribution < 1.29 is 19.4 Å². The molecule has 0 aliphatic carbocycles. The highest BCUT2D eigenvalue weighted by Crippen LogP contribution is 2.31. The summed E-state index contributed by atoms with van der Waals surface area (Å²) in [6, 6.07) is 2.63. The van der Waals surface area contributed by atoms with Crippen molar-refractivity contribution in [3.05, 3.63) is 27.7 Å². The number of carbonyl (C=O) groups is 2. The third-order valence-electron chi connectivity index (χ3n) is 3.75. The third kappa shape index (κ3) is 5.41. The number of aromatic hydroxyl groups is 1. The fourth-order valence-electron chi connectivity index (χ4n) is 2.54. The van der Waals surface area contributed by atoms with Crippen LogP contribution in [0.1, 0.15) is 44.0 Å². The average Bonchev–Trinajstić information content (AvgIpc) is 2.49. The highest BCUT2D eigenvalue weighted by Gasteiger charge is 2.28. The van der Waals surface area contributed by atoms with Gasteiger partial charge in [-0.15, -0.1) is 0 Å². The number of phenolic OH excluding ortho intramolecular Hbond substituents is 1. The standard InChI is InChI=1S/C17H22Cl2N2O4/c1-17(2,3)25-16(24)21-6-4-11(5-7-21)20-15(23)12-8-10(18)9-13(19)14(12)22/h8-9,11,22H,4-7H2,1-3H3,(H,20,23). The number of piperidine rings is 1. The van der Waals surface area contributed by atoms with E-state index in [0.29, 0.717) is 25.9 Å². The summed E-state index contributed by atoms with van der Waals surface area (Å²) in [5, 5.41) is 13.1. The molecule has 0 spiro atoms. The van der Waals surface area contributed by atoms with Gasteiger partial charge in [0.15, 0.2) is 0 Å². The average molecular weight is 389 g/mol. The van der Waals surface area contributed by atoms with Gasteiger partial charge in [-0.1, -0.05) is 23.2 Å². The summed E-state index contributed by atoms with van der Waals surface area (Å²) in [5.41, 5.74) is -0.502. The van der Waals surface area contributed by atoms with Crippen molar-refractivity contribution in [2.45, 2.75) is 45.3 Å². The van der Waals surface area contributed by atoms with E-state index in [4.69, 9.17) is 27.9 Å². The molecule has 0 unspecified atom stereocenters. The van der Waals surface area contributed by atoms with Crippen LogP contribution in [0.15, 0.2) is 12.1 Å². The highest BCUT2D eigenvalue weighted by molar-refractivity contribution is 6.36. The molecule has 0 atom stereocenters. The smallest absolute Gasteiger partial charge is 0.410 e. The number of nitrogens with one attached hydrogen (secondary N) is 1. The second-order valence-electron chi connectivity index (χ2n) is 7.00. The van der Waals surface area contributed by atoms with Crippen LogP contribution < -0.4 is 5.32 Å². The van der Waals surface area contributed by atoms with E-state index in [2.05, 4.69) is 5.32 Å². The molecule has 2 rings (SSSR count). The predicted molar refractivity (Wildman–Crippen MR) is 96.4 cm³/mol. The van der Waals surface area contributed by atoms with Gasteiger partial charge in [0.2, 0.25) is 0 Å². The van der Waals surface area contributed by atoms with Crippen molar-refractivity contribution >= 4 is 35.2 Å². The molecule has 25 heavy (non-hydrogen) atoms. The van der Waals surface area contributed by atoms with Crippen LogP contribution in [0.5, 0.6) is 5.75 Å². The number of amides is 2. The summed E-state index contributed by atoms with van der Waals surface area (Å²) in [5.74, 6) is -0.743. The molecule has 1 aliphatic heterocycles. The largest absolute Gasteiger partial charge is 0.506 e. The van der Waals surface area contributed by atoms with E-state index in [-0.39, 0.29) is 33.5 Å². The minimum absolute atomic E-state index is 0.0254. The third-order valence-corrected chi connectivity index (χ3v) is 4.26. The van der Waals surface area contributed by atoms with E-state index in [0.717, 1.165) is 0 Å². The maximum atomic E-state index is 12.3. The highest BCUT2D eigenvalue weighted by atomic mass is 35.5. The normalized spacial score (nSPS) is 15.8. The van der Waals surface area contributed by atoms with Crippen LogP contribution in [-0.2, 0) is 4.74 Å². The van der Waals surface area contributed by atoms with Crippen molar-refractivity contribution in [2.24, 2.45) is 0 Å². The lowest BCUT2D eigenvalue weighted by molar-refractivity contribution is 0.0199. The van der Waals surface area contributed by atoms with Gasteiger partial charge in [-0.2, -0.15) is 0 Å². The quantitative estimate of drug-likeness (QED) is 0.806. The molecule has 0 radical (unpaired) electrons. The van der Waals surface area contributed by atoms with E-state index < -0.39 is 11.5 Å². The molecule has 1 aromatic carbocycles. The molecule has 8 heteroatoms. The minimum Gasteiger partial charge on any atom is -0.506 e.